The minimum Gasteiger partial charge on any atom is -0.481 e. The fraction of sp³-hybridized carbons (Fsp3) is 0.207. The third kappa shape index (κ3) is 5.08. The Labute approximate surface area is 225 Å². The van der Waals surface area contributed by atoms with E-state index in [-0.39, 0.29) is 12.4 Å². The number of aliphatic carboxylic acids is 1. The molecule has 1 fully saturated rings. The number of hydrogen-bond acceptors (Lipinski definition) is 5. The number of rotatable bonds is 9. The smallest absolute Gasteiger partial charge is 0.347 e. The second kappa shape index (κ2) is 10.8. The summed E-state index contributed by atoms with van der Waals surface area (Å²) in [4.78, 5) is 54.7. The van der Waals surface area contributed by atoms with Crippen molar-refractivity contribution in [1.29, 1.82) is 5.41 Å². The van der Waals surface area contributed by atoms with Gasteiger partial charge in [0.1, 0.15) is 11.4 Å². The molecule has 4 amide bonds. The van der Waals surface area contributed by atoms with E-state index in [0.717, 1.165) is 15.6 Å². The van der Waals surface area contributed by atoms with E-state index < -0.39 is 41.8 Å². The molecule has 1 saturated heterocycles. The van der Waals surface area contributed by atoms with Gasteiger partial charge in [-0.1, -0.05) is 84.9 Å². The molecule has 0 radical (unpaired) electrons. The van der Waals surface area contributed by atoms with E-state index in [4.69, 9.17) is 11.1 Å². The number of carboxylic acid groups (broad SMARTS) is 1. The number of amidine groups is 1. The van der Waals surface area contributed by atoms with Crippen molar-refractivity contribution < 1.29 is 24.3 Å². The number of benzene rings is 3. The van der Waals surface area contributed by atoms with Gasteiger partial charge in [-0.2, -0.15) is 5.01 Å². The first kappa shape index (κ1) is 27.1. The lowest BCUT2D eigenvalue weighted by Gasteiger charge is -2.35. The molecule has 200 valence electrons. The number of nitrogens with two attached hydrogens (primary N) is 1. The molecule has 3 aromatic carbocycles. The molecule has 2 unspecified atom stereocenters. The first-order chi connectivity index (χ1) is 18.6. The number of carbonyl (C=O) groups is 4. The summed E-state index contributed by atoms with van der Waals surface area (Å²) in [6, 6.07) is 22.1. The molecule has 1 aliphatic heterocycles. The second-order valence-corrected chi connectivity index (χ2v) is 9.42. The van der Waals surface area contributed by atoms with Crippen molar-refractivity contribution in [2.45, 2.75) is 38.4 Å². The molecule has 4 N–H and O–H groups in total. The van der Waals surface area contributed by atoms with Crippen LogP contribution in [0.4, 0.5) is 4.79 Å². The van der Waals surface area contributed by atoms with Crippen LogP contribution in [0.2, 0.25) is 0 Å². The maximum Gasteiger partial charge on any atom is 0.347 e. The molecule has 10 nitrogen and oxygen atoms in total. The Kier molecular flexibility index (Phi) is 7.48. The standard InChI is InChI=1S/C29H29N5O5/c1-19(35)33(24(17-25(36)37)21-11-7-4-8-12-21)34-27(38)29(2,23-15-13-22(14-16-23)26(30)31)32(28(34)39)18-20-9-5-3-6-10-20/h3-16,24H,17-18H2,1-2H3,(H3,30,31)(H,36,37). The number of urea groups is 1. The van der Waals surface area contributed by atoms with Crippen molar-refractivity contribution in [3.05, 3.63) is 107 Å². The first-order valence-electron chi connectivity index (χ1n) is 12.3. The van der Waals surface area contributed by atoms with Crippen LogP contribution in [0.25, 0.3) is 0 Å². The highest BCUT2D eigenvalue weighted by molar-refractivity contribution is 6.08. The number of hydrazine groups is 1. The molecule has 2 atom stereocenters. The average Bonchev–Trinajstić information content (AvgIpc) is 3.10. The highest BCUT2D eigenvalue weighted by atomic mass is 16.4. The van der Waals surface area contributed by atoms with Crippen LogP contribution in [0, 0.1) is 5.41 Å². The molecule has 1 heterocycles. The molecule has 4 rings (SSSR count). The maximum atomic E-state index is 14.3. The summed E-state index contributed by atoms with van der Waals surface area (Å²) >= 11 is 0. The maximum absolute atomic E-state index is 14.3. The van der Waals surface area contributed by atoms with Gasteiger partial charge >= 0.3 is 12.0 Å². The summed E-state index contributed by atoms with van der Waals surface area (Å²) in [6.45, 7) is 2.83. The number of nitrogens with zero attached hydrogens (tertiary/aromatic N) is 3. The fourth-order valence-electron chi connectivity index (χ4n) is 4.84. The van der Waals surface area contributed by atoms with Gasteiger partial charge in [0.15, 0.2) is 0 Å². The van der Waals surface area contributed by atoms with E-state index in [1.807, 2.05) is 30.3 Å². The van der Waals surface area contributed by atoms with E-state index in [2.05, 4.69) is 0 Å². The molecule has 1 aliphatic rings. The Balaban J connectivity index is 1.87. The van der Waals surface area contributed by atoms with Crippen molar-refractivity contribution in [2.75, 3.05) is 0 Å². The van der Waals surface area contributed by atoms with Crippen molar-refractivity contribution >= 4 is 29.7 Å². The number of imide groups is 1. The van der Waals surface area contributed by atoms with Crippen molar-refractivity contribution in [3.8, 4) is 0 Å². The van der Waals surface area contributed by atoms with Gasteiger partial charge in [0.05, 0.1) is 12.5 Å². The van der Waals surface area contributed by atoms with Crippen LogP contribution in [0.15, 0.2) is 84.9 Å². The number of nitrogen functional groups attached to an aromatic ring is 1. The van der Waals surface area contributed by atoms with Crippen LogP contribution in [0.1, 0.15) is 48.6 Å². The lowest BCUT2D eigenvalue weighted by atomic mass is 9.89. The van der Waals surface area contributed by atoms with Crippen LogP contribution >= 0.6 is 0 Å². The van der Waals surface area contributed by atoms with Crippen molar-refractivity contribution in [2.24, 2.45) is 5.73 Å². The highest BCUT2D eigenvalue weighted by Crippen LogP contribution is 2.41. The molecule has 39 heavy (non-hydrogen) atoms. The average molecular weight is 528 g/mol. The van der Waals surface area contributed by atoms with Gasteiger partial charge in [-0.25, -0.2) is 9.80 Å². The number of nitrogens with one attached hydrogen (secondary N) is 1. The van der Waals surface area contributed by atoms with Crippen molar-refractivity contribution in [3.63, 3.8) is 0 Å². The molecule has 0 spiro atoms. The van der Waals surface area contributed by atoms with Crippen LogP contribution in [0.5, 0.6) is 0 Å². The van der Waals surface area contributed by atoms with Gasteiger partial charge in [-0.3, -0.25) is 24.7 Å². The molecular weight excluding hydrogens is 498 g/mol. The van der Waals surface area contributed by atoms with E-state index in [1.54, 1.807) is 61.5 Å². The minimum absolute atomic E-state index is 0.0492. The van der Waals surface area contributed by atoms with E-state index >= 15 is 0 Å². The second-order valence-electron chi connectivity index (χ2n) is 9.42. The molecule has 0 aromatic heterocycles. The predicted molar refractivity (Wildman–Crippen MR) is 143 cm³/mol. The monoisotopic (exact) mass is 527 g/mol. The number of amides is 4. The number of hydrogen-bond donors (Lipinski definition) is 3. The zero-order chi connectivity index (χ0) is 28.3. The topological polar surface area (TPSA) is 148 Å². The van der Waals surface area contributed by atoms with Crippen LogP contribution < -0.4 is 5.73 Å². The minimum atomic E-state index is -1.56. The summed E-state index contributed by atoms with van der Waals surface area (Å²) in [7, 11) is 0. The fourth-order valence-corrected chi connectivity index (χ4v) is 4.84. The summed E-state index contributed by atoms with van der Waals surface area (Å²) in [6.07, 6.45) is -0.524. The normalized spacial score (nSPS) is 17.7. The number of carbonyl (C=O) groups excluding carboxylic acids is 3. The Bertz CT molecular complexity index is 1410. The van der Waals surface area contributed by atoms with Gasteiger partial charge in [-0.15, -0.1) is 0 Å². The Hall–Kier alpha value is -4.99. The summed E-state index contributed by atoms with van der Waals surface area (Å²) in [5, 5.41) is 19.1. The van der Waals surface area contributed by atoms with Gasteiger partial charge in [0.25, 0.3) is 5.91 Å². The molecular formula is C29H29N5O5. The summed E-state index contributed by atoms with van der Waals surface area (Å²) in [5.74, 6) is -2.72. The Morgan fingerprint density at radius 3 is 2.05 bits per heavy atom. The zero-order valence-corrected chi connectivity index (χ0v) is 21.6. The largest absolute Gasteiger partial charge is 0.481 e. The third-order valence-corrected chi connectivity index (χ3v) is 6.89. The SMILES string of the molecule is CC(=O)N(C(CC(=O)O)c1ccccc1)N1C(=O)N(Cc2ccccc2)C(C)(c2ccc(C(=N)N)cc2)C1=O. The van der Waals surface area contributed by atoms with Crippen LogP contribution in [0.3, 0.4) is 0 Å². The van der Waals surface area contributed by atoms with E-state index in [9.17, 15) is 24.3 Å². The molecule has 0 bridgehead atoms. The van der Waals surface area contributed by atoms with Crippen LogP contribution in [-0.2, 0) is 26.5 Å². The predicted octanol–water partition coefficient (Wildman–Crippen LogP) is 3.63. The summed E-state index contributed by atoms with van der Waals surface area (Å²) in [5.41, 5.74) is 6.16. The molecule has 3 aromatic rings. The molecule has 0 aliphatic carbocycles. The Morgan fingerprint density at radius 2 is 1.54 bits per heavy atom. The van der Waals surface area contributed by atoms with Gasteiger partial charge in [-0.05, 0) is 23.6 Å². The van der Waals surface area contributed by atoms with E-state index in [1.165, 1.54) is 11.8 Å². The number of carboxylic acids is 1. The van der Waals surface area contributed by atoms with Gasteiger partial charge in [0, 0.05) is 19.0 Å². The van der Waals surface area contributed by atoms with E-state index in [0.29, 0.717) is 16.7 Å². The Morgan fingerprint density at radius 1 is 0.974 bits per heavy atom. The van der Waals surface area contributed by atoms with Crippen molar-refractivity contribution in [1.82, 2.24) is 14.9 Å². The van der Waals surface area contributed by atoms with Gasteiger partial charge in [0.2, 0.25) is 5.91 Å². The van der Waals surface area contributed by atoms with Crippen LogP contribution in [-0.4, -0.2) is 49.7 Å². The molecule has 0 saturated carbocycles. The lowest BCUT2D eigenvalue weighted by Crippen LogP contribution is -2.52. The lowest BCUT2D eigenvalue weighted by molar-refractivity contribution is -0.162. The van der Waals surface area contributed by atoms with Gasteiger partial charge < -0.3 is 10.8 Å². The summed E-state index contributed by atoms with van der Waals surface area (Å²) < 4.78 is 0. The first-order valence-corrected chi connectivity index (χ1v) is 12.3. The zero-order valence-electron chi connectivity index (χ0n) is 21.6. The third-order valence-electron chi connectivity index (χ3n) is 6.89. The molecule has 10 heteroatoms. The quantitative estimate of drug-likeness (QED) is 0.220. The highest BCUT2D eigenvalue weighted by Gasteiger charge is 2.58.